The molecule has 3 heterocycles. The van der Waals surface area contributed by atoms with Crippen LogP contribution < -0.4 is 10.0 Å². The molecule has 1 aliphatic rings. The molecular weight excluding hydrogens is 535 g/mol. The van der Waals surface area contributed by atoms with Crippen LogP contribution in [-0.2, 0) is 26.8 Å². The van der Waals surface area contributed by atoms with Gasteiger partial charge in [-0.25, -0.2) is 28.4 Å². The van der Waals surface area contributed by atoms with Gasteiger partial charge >= 0.3 is 0 Å². The van der Waals surface area contributed by atoms with Gasteiger partial charge in [0.25, 0.3) is 15.9 Å². The molecule has 0 fully saturated rings. The van der Waals surface area contributed by atoms with E-state index >= 15 is 0 Å². The van der Waals surface area contributed by atoms with Crippen molar-refractivity contribution < 1.29 is 13.2 Å². The molecule has 0 saturated carbocycles. The third-order valence-corrected chi connectivity index (χ3v) is 7.49. The highest BCUT2D eigenvalue weighted by atomic mass is 35.5. The van der Waals surface area contributed by atoms with Crippen LogP contribution in [0, 0.1) is 11.3 Å². The van der Waals surface area contributed by atoms with Gasteiger partial charge in [0.15, 0.2) is 5.03 Å². The highest BCUT2D eigenvalue weighted by Crippen LogP contribution is 2.44. The van der Waals surface area contributed by atoms with E-state index in [4.69, 9.17) is 33.6 Å². The average Bonchev–Trinajstić information content (AvgIpc) is 3.37. The number of rotatable bonds is 5. The van der Waals surface area contributed by atoms with E-state index in [0.717, 1.165) is 22.9 Å². The second kappa shape index (κ2) is 8.97. The van der Waals surface area contributed by atoms with E-state index in [-0.39, 0.29) is 17.4 Å². The summed E-state index contributed by atoms with van der Waals surface area (Å²) in [6, 6.07) is 17.5. The quantitative estimate of drug-likeness (QED) is 0.389. The number of sulfonamides is 1. The van der Waals surface area contributed by atoms with Crippen molar-refractivity contribution in [1.82, 2.24) is 14.5 Å². The molecule has 1 aliphatic heterocycles. The first-order chi connectivity index (χ1) is 17.5. The molecule has 0 saturated heterocycles. The summed E-state index contributed by atoms with van der Waals surface area (Å²) in [5, 5.41) is 14.8. The van der Waals surface area contributed by atoms with Crippen molar-refractivity contribution in [2.24, 2.45) is 5.14 Å². The maximum atomic E-state index is 13.9. The van der Waals surface area contributed by atoms with Crippen molar-refractivity contribution in [3.63, 3.8) is 0 Å². The zero-order chi connectivity index (χ0) is 26.5. The van der Waals surface area contributed by atoms with Crippen LogP contribution >= 0.6 is 23.2 Å². The first kappa shape index (κ1) is 24.9. The van der Waals surface area contributed by atoms with E-state index in [2.05, 4.69) is 9.97 Å². The molecule has 1 unspecified atom stereocenters. The van der Waals surface area contributed by atoms with E-state index in [0.29, 0.717) is 21.4 Å². The number of carbonyl (C=O) groups is 1. The molecule has 12 heteroatoms. The zero-order valence-corrected chi connectivity index (χ0v) is 21.6. The van der Waals surface area contributed by atoms with Crippen molar-refractivity contribution in [3.05, 3.63) is 88.3 Å². The highest BCUT2D eigenvalue weighted by molar-refractivity contribution is 7.89. The monoisotopic (exact) mass is 552 g/mol. The summed E-state index contributed by atoms with van der Waals surface area (Å²) < 4.78 is 26.2. The van der Waals surface area contributed by atoms with Crippen LogP contribution in [0.3, 0.4) is 0 Å². The van der Waals surface area contributed by atoms with Crippen LogP contribution in [0.1, 0.15) is 18.2 Å². The number of benzene rings is 2. The minimum absolute atomic E-state index is 0.0927. The SMILES string of the molecule is CC1(Cc2ccc(-c3ccc(C#N)nc3)cc2)C(=O)N(c2cc(Cl)cc(Cl)c2)c2ncc(S(N)(=O)=O)n21. The smallest absolute Gasteiger partial charge is 0.260 e. The van der Waals surface area contributed by atoms with Gasteiger partial charge in [-0.2, -0.15) is 5.26 Å². The molecule has 0 aliphatic carbocycles. The predicted octanol–water partition coefficient (Wildman–Crippen LogP) is 4.41. The second-order valence-electron chi connectivity index (χ2n) is 8.74. The Kier molecular flexibility index (Phi) is 6.04. The molecule has 37 heavy (non-hydrogen) atoms. The summed E-state index contributed by atoms with van der Waals surface area (Å²) in [7, 11) is -4.20. The average molecular weight is 553 g/mol. The summed E-state index contributed by atoms with van der Waals surface area (Å²) in [5.74, 6) is -0.325. The van der Waals surface area contributed by atoms with Crippen molar-refractivity contribution >= 4 is 50.8 Å². The molecule has 5 rings (SSSR count). The molecule has 2 aromatic heterocycles. The van der Waals surface area contributed by atoms with E-state index < -0.39 is 21.5 Å². The topological polar surface area (TPSA) is 135 Å². The Balaban J connectivity index is 1.57. The van der Waals surface area contributed by atoms with Gasteiger partial charge in [-0.1, -0.05) is 47.5 Å². The number of anilines is 2. The first-order valence-corrected chi connectivity index (χ1v) is 13.2. The number of fused-ring (bicyclic) bond motifs is 1. The van der Waals surface area contributed by atoms with Gasteiger partial charge in [-0.3, -0.25) is 9.36 Å². The number of carbonyl (C=O) groups excluding carboxylic acids is 1. The fourth-order valence-corrected chi connectivity index (χ4v) is 5.73. The minimum atomic E-state index is -4.20. The summed E-state index contributed by atoms with van der Waals surface area (Å²) in [6.45, 7) is 1.64. The van der Waals surface area contributed by atoms with Crippen molar-refractivity contribution in [2.45, 2.75) is 23.9 Å². The molecule has 2 N–H and O–H groups in total. The third-order valence-electron chi connectivity index (χ3n) is 6.18. The molecule has 1 atom stereocenters. The Morgan fingerprint density at radius 3 is 2.22 bits per heavy atom. The standard InChI is InChI=1S/C25H18Cl2N6O3S/c1-25(11-15-2-4-16(5-3-15)17-6-7-20(12-28)30-13-17)23(34)32(21-9-18(26)8-19(27)10-21)24-31-14-22(33(24)25)37(29,35)36/h2-10,13-14H,11H2,1H3,(H2,29,35,36). The number of hydrogen-bond donors (Lipinski definition) is 1. The van der Waals surface area contributed by atoms with Gasteiger partial charge in [0.2, 0.25) is 5.95 Å². The maximum Gasteiger partial charge on any atom is 0.260 e. The molecule has 186 valence electrons. The van der Waals surface area contributed by atoms with Crippen molar-refractivity contribution in [1.29, 1.82) is 5.26 Å². The van der Waals surface area contributed by atoms with Crippen molar-refractivity contribution in [3.8, 4) is 17.2 Å². The Morgan fingerprint density at radius 1 is 1.00 bits per heavy atom. The number of nitrogens with two attached hydrogens (primary N) is 1. The number of pyridine rings is 1. The first-order valence-electron chi connectivity index (χ1n) is 10.9. The normalized spacial score (nSPS) is 17.1. The lowest BCUT2D eigenvalue weighted by Gasteiger charge is -2.26. The van der Waals surface area contributed by atoms with Gasteiger partial charge in [0.1, 0.15) is 17.3 Å². The van der Waals surface area contributed by atoms with Gasteiger partial charge in [-0.15, -0.1) is 0 Å². The molecule has 0 radical (unpaired) electrons. The van der Waals surface area contributed by atoms with Gasteiger partial charge < -0.3 is 0 Å². The number of nitrogens with zero attached hydrogens (tertiary/aromatic N) is 5. The molecular formula is C25H18Cl2N6O3S. The molecule has 9 nitrogen and oxygen atoms in total. The fraction of sp³-hybridized carbons (Fsp3) is 0.120. The zero-order valence-electron chi connectivity index (χ0n) is 19.3. The van der Waals surface area contributed by atoms with Crippen molar-refractivity contribution in [2.75, 3.05) is 4.90 Å². The number of imidazole rings is 1. The predicted molar refractivity (Wildman–Crippen MR) is 139 cm³/mol. The number of amides is 1. The van der Waals surface area contributed by atoms with Crippen LogP contribution in [-0.4, -0.2) is 28.9 Å². The van der Waals surface area contributed by atoms with Gasteiger partial charge in [-0.05, 0) is 48.4 Å². The molecule has 4 aromatic rings. The summed E-state index contributed by atoms with van der Waals surface area (Å²) >= 11 is 12.4. The van der Waals surface area contributed by atoms with E-state index in [1.807, 2.05) is 30.3 Å². The molecule has 2 aromatic carbocycles. The summed E-state index contributed by atoms with van der Waals surface area (Å²) in [6.07, 6.45) is 2.89. The molecule has 0 bridgehead atoms. The van der Waals surface area contributed by atoms with E-state index in [1.165, 1.54) is 15.5 Å². The van der Waals surface area contributed by atoms with Crippen LogP contribution in [0.2, 0.25) is 10.0 Å². The maximum absolute atomic E-state index is 13.9. The second-order valence-corrected chi connectivity index (χ2v) is 11.1. The van der Waals surface area contributed by atoms with E-state index in [9.17, 15) is 13.2 Å². The summed E-state index contributed by atoms with van der Waals surface area (Å²) in [5.41, 5.74) is 1.76. The number of aromatic nitrogens is 3. The Labute approximate surface area is 222 Å². The van der Waals surface area contributed by atoms with Crippen LogP contribution in [0.25, 0.3) is 11.1 Å². The number of primary sulfonamides is 1. The summed E-state index contributed by atoms with van der Waals surface area (Å²) in [4.78, 5) is 23.5. The third kappa shape index (κ3) is 4.36. The van der Waals surface area contributed by atoms with Crippen LogP contribution in [0.4, 0.5) is 11.6 Å². The Bertz CT molecular complexity index is 1680. The fourth-order valence-electron chi connectivity index (χ4n) is 4.48. The van der Waals surface area contributed by atoms with Crippen LogP contribution in [0.15, 0.2) is 72.0 Å². The number of halogens is 2. The minimum Gasteiger partial charge on any atom is -0.284 e. The Morgan fingerprint density at radius 2 is 1.65 bits per heavy atom. The largest absolute Gasteiger partial charge is 0.284 e. The molecule has 1 amide bonds. The van der Waals surface area contributed by atoms with Crippen LogP contribution in [0.5, 0.6) is 0 Å². The van der Waals surface area contributed by atoms with E-state index in [1.54, 1.807) is 37.4 Å². The Hall–Kier alpha value is -3.75. The lowest BCUT2D eigenvalue weighted by atomic mass is 9.91. The lowest BCUT2D eigenvalue weighted by molar-refractivity contribution is -0.124. The molecule has 0 spiro atoms. The highest BCUT2D eigenvalue weighted by Gasteiger charge is 2.51. The number of hydrogen-bond acceptors (Lipinski definition) is 6. The van der Waals surface area contributed by atoms with Gasteiger partial charge in [0, 0.05) is 28.2 Å². The van der Waals surface area contributed by atoms with Gasteiger partial charge in [0.05, 0.1) is 11.9 Å². The lowest BCUT2D eigenvalue weighted by Crippen LogP contribution is -2.42. The number of nitriles is 1.